The molecule has 1 aromatic rings. The number of carbonyl (C=O) groups excluding carboxylic acids is 3. The molecule has 1 aliphatic heterocycles. The maximum Gasteiger partial charge on any atom is 0.412 e. The lowest BCUT2D eigenvalue weighted by Gasteiger charge is -2.43. The predicted molar refractivity (Wildman–Crippen MR) is 133 cm³/mol. The fourth-order valence-electron chi connectivity index (χ4n) is 5.17. The van der Waals surface area contributed by atoms with Crippen LogP contribution in [0.4, 0.5) is 4.79 Å². The number of rotatable bonds is 7. The molecular formula is C26H40N4O5. The molecule has 3 rings (SSSR count). The Labute approximate surface area is 208 Å². The van der Waals surface area contributed by atoms with Gasteiger partial charge in [-0.05, 0) is 55.2 Å². The number of carbonyl (C=O) groups is 3. The predicted octanol–water partition coefficient (Wildman–Crippen LogP) is 2.84. The van der Waals surface area contributed by atoms with Crippen LogP contribution < -0.4 is 15.8 Å². The highest BCUT2D eigenvalue weighted by atomic mass is 16.6. The fourth-order valence-corrected chi connectivity index (χ4v) is 5.17. The first-order valence-corrected chi connectivity index (χ1v) is 12.7. The van der Waals surface area contributed by atoms with Crippen LogP contribution in [0, 0.1) is 17.8 Å². The zero-order chi connectivity index (χ0) is 25.5. The molecule has 0 spiro atoms. The first kappa shape index (κ1) is 26.8. The Balaban J connectivity index is 1.86. The molecule has 2 aliphatic rings. The van der Waals surface area contributed by atoms with Crippen molar-refractivity contribution in [2.24, 2.45) is 23.5 Å². The molecule has 0 radical (unpaired) electrons. The molecule has 35 heavy (non-hydrogen) atoms. The van der Waals surface area contributed by atoms with Crippen molar-refractivity contribution in [3.05, 3.63) is 29.8 Å². The number of hydrogen-bond acceptors (Lipinski definition) is 6. The molecule has 4 atom stereocenters. The second-order valence-electron chi connectivity index (χ2n) is 9.98. The van der Waals surface area contributed by atoms with E-state index in [-0.39, 0.29) is 31.0 Å². The van der Waals surface area contributed by atoms with Crippen LogP contribution in [0.2, 0.25) is 0 Å². The highest BCUT2D eigenvalue weighted by Gasteiger charge is 2.43. The molecule has 2 fully saturated rings. The van der Waals surface area contributed by atoms with Crippen molar-refractivity contribution in [1.82, 2.24) is 15.1 Å². The third-order valence-electron chi connectivity index (χ3n) is 7.09. The van der Waals surface area contributed by atoms with Crippen LogP contribution in [0.15, 0.2) is 24.3 Å². The SMILES string of the molecule is COc1cccc(C(=O)N2CCCN(C(=O)OC3CC(C)CCC3C(C)C)C2C(=O)NCCN)c1. The van der Waals surface area contributed by atoms with E-state index in [1.807, 2.05) is 0 Å². The van der Waals surface area contributed by atoms with Crippen LogP contribution in [0.5, 0.6) is 5.75 Å². The van der Waals surface area contributed by atoms with E-state index in [9.17, 15) is 14.4 Å². The topological polar surface area (TPSA) is 114 Å². The van der Waals surface area contributed by atoms with Gasteiger partial charge in [0.15, 0.2) is 6.17 Å². The third-order valence-corrected chi connectivity index (χ3v) is 7.09. The molecule has 9 nitrogen and oxygen atoms in total. The van der Waals surface area contributed by atoms with Gasteiger partial charge in [-0.25, -0.2) is 4.79 Å². The summed E-state index contributed by atoms with van der Waals surface area (Å²) < 4.78 is 11.3. The minimum absolute atomic E-state index is 0.205. The van der Waals surface area contributed by atoms with Crippen molar-refractivity contribution in [3.8, 4) is 5.75 Å². The van der Waals surface area contributed by atoms with Crippen molar-refractivity contribution in [1.29, 1.82) is 0 Å². The minimum atomic E-state index is -1.11. The Kier molecular flexibility index (Phi) is 9.37. The Morgan fingerprint density at radius 1 is 1.17 bits per heavy atom. The van der Waals surface area contributed by atoms with E-state index in [4.69, 9.17) is 15.2 Å². The van der Waals surface area contributed by atoms with Crippen LogP contribution in [0.25, 0.3) is 0 Å². The van der Waals surface area contributed by atoms with E-state index in [0.717, 1.165) is 19.3 Å². The van der Waals surface area contributed by atoms with E-state index in [0.29, 0.717) is 42.7 Å². The first-order chi connectivity index (χ1) is 16.8. The van der Waals surface area contributed by atoms with Crippen LogP contribution >= 0.6 is 0 Å². The van der Waals surface area contributed by atoms with Gasteiger partial charge in [-0.1, -0.05) is 33.3 Å². The molecule has 1 heterocycles. The number of nitrogens with two attached hydrogens (primary N) is 1. The summed E-state index contributed by atoms with van der Waals surface area (Å²) in [6, 6.07) is 6.78. The van der Waals surface area contributed by atoms with Gasteiger partial charge in [0, 0.05) is 31.7 Å². The Hall–Kier alpha value is -2.81. The van der Waals surface area contributed by atoms with Crippen molar-refractivity contribution >= 4 is 17.9 Å². The lowest BCUT2D eigenvalue weighted by atomic mass is 9.75. The summed E-state index contributed by atoms with van der Waals surface area (Å²) in [5.74, 6) is 0.884. The molecule has 3 N–H and O–H groups in total. The van der Waals surface area contributed by atoms with Gasteiger partial charge in [-0.2, -0.15) is 0 Å². The van der Waals surface area contributed by atoms with Gasteiger partial charge in [0.2, 0.25) is 0 Å². The molecule has 1 saturated carbocycles. The van der Waals surface area contributed by atoms with E-state index in [2.05, 4.69) is 26.1 Å². The molecule has 4 unspecified atom stereocenters. The summed E-state index contributed by atoms with van der Waals surface area (Å²) in [6.45, 7) is 7.65. The Bertz CT molecular complexity index is 892. The molecule has 9 heteroatoms. The molecule has 194 valence electrons. The van der Waals surface area contributed by atoms with E-state index in [1.54, 1.807) is 24.3 Å². The van der Waals surface area contributed by atoms with Gasteiger partial charge in [-0.3, -0.25) is 14.5 Å². The average Bonchev–Trinajstić information content (AvgIpc) is 2.86. The molecular weight excluding hydrogens is 448 g/mol. The molecule has 1 aromatic carbocycles. The Morgan fingerprint density at radius 3 is 2.60 bits per heavy atom. The van der Waals surface area contributed by atoms with Crippen LogP contribution in [0.3, 0.4) is 0 Å². The smallest absolute Gasteiger partial charge is 0.412 e. The quantitative estimate of drug-likeness (QED) is 0.610. The highest BCUT2D eigenvalue weighted by molar-refractivity contribution is 5.98. The molecule has 0 aromatic heterocycles. The van der Waals surface area contributed by atoms with Gasteiger partial charge >= 0.3 is 6.09 Å². The number of nitrogens with zero attached hydrogens (tertiary/aromatic N) is 2. The number of hydrogen-bond donors (Lipinski definition) is 2. The van der Waals surface area contributed by atoms with Gasteiger partial charge < -0.3 is 25.4 Å². The van der Waals surface area contributed by atoms with Crippen molar-refractivity contribution in [2.75, 3.05) is 33.3 Å². The average molecular weight is 489 g/mol. The highest BCUT2D eigenvalue weighted by Crippen LogP contribution is 2.36. The number of ether oxygens (including phenoxy) is 2. The zero-order valence-electron chi connectivity index (χ0n) is 21.4. The standard InChI is InChI=1S/C26H40N4O5/c1-17(2)21-10-9-18(3)15-22(21)35-26(33)30-14-6-13-29(24(30)23(31)28-12-11-27)25(32)19-7-5-8-20(16-19)34-4/h5,7-8,16-18,21-22,24H,6,9-15,27H2,1-4H3,(H,28,31). The largest absolute Gasteiger partial charge is 0.497 e. The lowest BCUT2D eigenvalue weighted by Crippen LogP contribution is -2.64. The van der Waals surface area contributed by atoms with E-state index >= 15 is 0 Å². The molecule has 3 amide bonds. The van der Waals surface area contributed by atoms with Gasteiger partial charge in [-0.15, -0.1) is 0 Å². The van der Waals surface area contributed by atoms with Crippen molar-refractivity contribution < 1.29 is 23.9 Å². The Morgan fingerprint density at radius 2 is 1.91 bits per heavy atom. The normalized spacial score (nSPS) is 24.7. The second-order valence-corrected chi connectivity index (χ2v) is 9.98. The van der Waals surface area contributed by atoms with E-state index < -0.39 is 18.2 Å². The number of methoxy groups -OCH3 is 1. The summed E-state index contributed by atoms with van der Waals surface area (Å²) in [4.78, 5) is 43.0. The molecule has 1 saturated heterocycles. The summed E-state index contributed by atoms with van der Waals surface area (Å²) in [5.41, 5.74) is 5.97. The molecule has 1 aliphatic carbocycles. The number of nitrogens with one attached hydrogen (secondary N) is 1. The first-order valence-electron chi connectivity index (χ1n) is 12.7. The van der Waals surface area contributed by atoms with Crippen LogP contribution in [0.1, 0.15) is 56.8 Å². The van der Waals surface area contributed by atoms with Crippen LogP contribution in [-0.4, -0.2) is 73.3 Å². The third kappa shape index (κ3) is 6.45. The molecule has 0 bridgehead atoms. The van der Waals surface area contributed by atoms with Crippen LogP contribution in [-0.2, 0) is 9.53 Å². The van der Waals surface area contributed by atoms with Crippen molar-refractivity contribution in [3.63, 3.8) is 0 Å². The fraction of sp³-hybridized carbons (Fsp3) is 0.654. The number of benzene rings is 1. The summed E-state index contributed by atoms with van der Waals surface area (Å²) in [5, 5.41) is 2.75. The number of amides is 3. The van der Waals surface area contributed by atoms with Gasteiger partial charge in [0.05, 0.1) is 7.11 Å². The van der Waals surface area contributed by atoms with Crippen molar-refractivity contribution in [2.45, 2.75) is 58.7 Å². The summed E-state index contributed by atoms with van der Waals surface area (Å²) in [7, 11) is 1.53. The zero-order valence-corrected chi connectivity index (χ0v) is 21.4. The van der Waals surface area contributed by atoms with Gasteiger partial charge in [0.25, 0.3) is 11.8 Å². The lowest BCUT2D eigenvalue weighted by molar-refractivity contribution is -0.134. The minimum Gasteiger partial charge on any atom is -0.497 e. The maximum atomic E-state index is 13.5. The summed E-state index contributed by atoms with van der Waals surface area (Å²) in [6.07, 6.45) is 1.61. The second kappa shape index (κ2) is 12.2. The van der Waals surface area contributed by atoms with E-state index in [1.165, 1.54) is 16.9 Å². The van der Waals surface area contributed by atoms with Gasteiger partial charge in [0.1, 0.15) is 11.9 Å². The summed E-state index contributed by atoms with van der Waals surface area (Å²) >= 11 is 0. The monoisotopic (exact) mass is 488 g/mol. The maximum absolute atomic E-state index is 13.5.